The highest BCUT2D eigenvalue weighted by atomic mass is 79.9. The molecule has 2 aromatic heterocycles. The molecule has 0 spiro atoms. The zero-order valence-electron chi connectivity index (χ0n) is 10.6. The van der Waals surface area contributed by atoms with Gasteiger partial charge in [-0.2, -0.15) is 0 Å². The van der Waals surface area contributed by atoms with Crippen LogP contribution in [0.25, 0.3) is 11.0 Å². The number of nitrogens with one attached hydrogen (secondary N) is 1. The number of hydrogen-bond acceptors (Lipinski definition) is 4. The maximum atomic E-state index is 5.95. The molecule has 19 heavy (non-hydrogen) atoms. The summed E-state index contributed by atoms with van der Waals surface area (Å²) < 4.78 is 8.64. The lowest BCUT2D eigenvalue weighted by Gasteiger charge is -2.12. The number of aromatic nitrogens is 3. The topological polar surface area (TPSA) is 55.9 Å². The maximum absolute atomic E-state index is 5.95. The van der Waals surface area contributed by atoms with E-state index in [0.717, 1.165) is 26.9 Å². The van der Waals surface area contributed by atoms with Crippen molar-refractivity contribution < 1.29 is 4.42 Å². The monoisotopic (exact) mass is 320 g/mol. The minimum absolute atomic E-state index is 0.0701. The Balaban J connectivity index is 2.12. The summed E-state index contributed by atoms with van der Waals surface area (Å²) in [6.45, 7) is 0. The van der Waals surface area contributed by atoms with E-state index in [2.05, 4.69) is 31.6 Å². The summed E-state index contributed by atoms with van der Waals surface area (Å²) >= 11 is 3.50. The van der Waals surface area contributed by atoms with E-state index in [4.69, 9.17) is 4.42 Å². The third-order valence-electron chi connectivity index (χ3n) is 3.13. The summed E-state index contributed by atoms with van der Waals surface area (Å²) in [5.74, 6) is 0.842. The largest absolute Gasteiger partial charge is 0.458 e. The minimum Gasteiger partial charge on any atom is -0.458 e. The number of hydrogen-bond donors (Lipinski definition) is 1. The van der Waals surface area contributed by atoms with Crippen LogP contribution in [0, 0.1) is 0 Å². The van der Waals surface area contributed by atoms with E-state index in [1.54, 1.807) is 10.9 Å². The van der Waals surface area contributed by atoms with E-state index in [1.807, 2.05) is 38.4 Å². The molecule has 0 radical (unpaired) electrons. The molecule has 0 aliphatic rings. The van der Waals surface area contributed by atoms with E-state index >= 15 is 0 Å². The summed E-state index contributed by atoms with van der Waals surface area (Å²) in [4.78, 5) is 0. The molecular weight excluding hydrogens is 308 g/mol. The van der Waals surface area contributed by atoms with Crippen LogP contribution in [-0.2, 0) is 7.05 Å². The molecule has 6 heteroatoms. The molecular formula is C13H13BrN4O. The number of aryl methyl sites for hydroxylation is 1. The lowest BCUT2D eigenvalue weighted by molar-refractivity contribution is 0.472. The van der Waals surface area contributed by atoms with Gasteiger partial charge in [-0.15, -0.1) is 5.10 Å². The van der Waals surface area contributed by atoms with Gasteiger partial charge in [0.05, 0.1) is 16.4 Å². The Kier molecular flexibility index (Phi) is 3.12. The Morgan fingerprint density at radius 3 is 2.89 bits per heavy atom. The number of halogens is 1. The zero-order chi connectivity index (χ0) is 13.4. The smallest absolute Gasteiger partial charge is 0.148 e. The number of benzene rings is 1. The van der Waals surface area contributed by atoms with E-state index in [9.17, 15) is 0 Å². The average molecular weight is 321 g/mol. The van der Waals surface area contributed by atoms with Gasteiger partial charge in [-0.05, 0) is 35.1 Å². The number of para-hydroxylation sites is 1. The predicted molar refractivity (Wildman–Crippen MR) is 75.8 cm³/mol. The SMILES string of the molecule is CNC(c1cc2cccc(Br)c2o1)c1cnnn1C. The second-order valence-corrected chi connectivity index (χ2v) is 5.17. The second-order valence-electron chi connectivity index (χ2n) is 4.31. The molecule has 0 fully saturated rings. The third kappa shape index (κ3) is 2.06. The van der Waals surface area contributed by atoms with Crippen molar-refractivity contribution in [3.8, 4) is 0 Å². The molecule has 2 heterocycles. The highest BCUT2D eigenvalue weighted by Gasteiger charge is 2.20. The standard InChI is InChI=1S/C13H13BrN4O/c1-15-12(10-7-16-17-18(10)2)11-6-8-4-3-5-9(14)13(8)19-11/h3-7,12,15H,1-2H3. The number of fused-ring (bicyclic) bond motifs is 1. The summed E-state index contributed by atoms with van der Waals surface area (Å²) in [6, 6.07) is 7.95. The fraction of sp³-hybridized carbons (Fsp3) is 0.231. The van der Waals surface area contributed by atoms with Crippen molar-refractivity contribution in [2.45, 2.75) is 6.04 Å². The molecule has 0 amide bonds. The van der Waals surface area contributed by atoms with Crippen molar-refractivity contribution in [1.82, 2.24) is 20.3 Å². The van der Waals surface area contributed by atoms with Crippen molar-refractivity contribution in [1.29, 1.82) is 0 Å². The Morgan fingerprint density at radius 2 is 2.26 bits per heavy atom. The summed E-state index contributed by atoms with van der Waals surface area (Å²) in [7, 11) is 3.76. The molecule has 0 bridgehead atoms. The third-order valence-corrected chi connectivity index (χ3v) is 3.76. The van der Waals surface area contributed by atoms with Gasteiger partial charge in [0.1, 0.15) is 17.4 Å². The van der Waals surface area contributed by atoms with Crippen molar-refractivity contribution in [2.75, 3.05) is 7.05 Å². The Morgan fingerprint density at radius 1 is 1.42 bits per heavy atom. The molecule has 0 saturated carbocycles. The first-order chi connectivity index (χ1) is 9.20. The average Bonchev–Trinajstić information content (AvgIpc) is 2.99. The van der Waals surface area contributed by atoms with Crippen LogP contribution in [-0.4, -0.2) is 22.0 Å². The van der Waals surface area contributed by atoms with E-state index in [0.29, 0.717) is 0 Å². The first-order valence-electron chi connectivity index (χ1n) is 5.90. The second kappa shape index (κ2) is 4.79. The van der Waals surface area contributed by atoms with E-state index < -0.39 is 0 Å². The molecule has 0 aliphatic carbocycles. The summed E-state index contributed by atoms with van der Waals surface area (Å²) in [5, 5.41) is 12.2. The first kappa shape index (κ1) is 12.4. The van der Waals surface area contributed by atoms with Crippen LogP contribution in [0.1, 0.15) is 17.5 Å². The highest BCUT2D eigenvalue weighted by molar-refractivity contribution is 9.10. The number of nitrogens with zero attached hydrogens (tertiary/aromatic N) is 3. The van der Waals surface area contributed by atoms with Crippen LogP contribution >= 0.6 is 15.9 Å². The van der Waals surface area contributed by atoms with Gasteiger partial charge in [0, 0.05) is 12.4 Å². The summed E-state index contributed by atoms with van der Waals surface area (Å²) in [5.41, 5.74) is 1.81. The van der Waals surface area contributed by atoms with Gasteiger partial charge in [-0.25, -0.2) is 0 Å². The van der Waals surface area contributed by atoms with Gasteiger partial charge in [-0.1, -0.05) is 17.3 Å². The van der Waals surface area contributed by atoms with Gasteiger partial charge in [0.15, 0.2) is 0 Å². The first-order valence-corrected chi connectivity index (χ1v) is 6.70. The molecule has 3 rings (SSSR count). The lowest BCUT2D eigenvalue weighted by Crippen LogP contribution is -2.20. The van der Waals surface area contributed by atoms with Crippen LogP contribution in [0.3, 0.4) is 0 Å². The van der Waals surface area contributed by atoms with E-state index in [1.165, 1.54) is 0 Å². The van der Waals surface area contributed by atoms with Crippen molar-refractivity contribution in [2.24, 2.45) is 7.05 Å². The number of rotatable bonds is 3. The van der Waals surface area contributed by atoms with Gasteiger partial charge in [0.2, 0.25) is 0 Å². The highest BCUT2D eigenvalue weighted by Crippen LogP contribution is 2.31. The fourth-order valence-electron chi connectivity index (χ4n) is 2.18. The van der Waals surface area contributed by atoms with Crippen molar-refractivity contribution in [3.05, 3.63) is 46.4 Å². The van der Waals surface area contributed by atoms with Gasteiger partial charge in [-0.3, -0.25) is 4.68 Å². The Labute approximate surface area is 118 Å². The van der Waals surface area contributed by atoms with Gasteiger partial charge >= 0.3 is 0 Å². The molecule has 0 aliphatic heterocycles. The zero-order valence-corrected chi connectivity index (χ0v) is 12.2. The Bertz CT molecular complexity index is 718. The lowest BCUT2D eigenvalue weighted by atomic mass is 10.1. The molecule has 3 aromatic rings. The molecule has 0 saturated heterocycles. The van der Waals surface area contributed by atoms with Crippen LogP contribution < -0.4 is 5.32 Å². The quantitative estimate of drug-likeness (QED) is 0.806. The normalized spacial score (nSPS) is 13.0. The van der Waals surface area contributed by atoms with Crippen LogP contribution in [0.15, 0.2) is 39.4 Å². The van der Waals surface area contributed by atoms with Crippen molar-refractivity contribution in [3.63, 3.8) is 0 Å². The number of furan rings is 1. The van der Waals surface area contributed by atoms with Crippen LogP contribution in [0.2, 0.25) is 0 Å². The maximum Gasteiger partial charge on any atom is 0.148 e. The predicted octanol–water partition coefficient (Wildman–Crippen LogP) is 2.63. The molecule has 1 atom stereocenters. The van der Waals surface area contributed by atoms with E-state index in [-0.39, 0.29) is 6.04 Å². The molecule has 98 valence electrons. The fourth-order valence-corrected chi connectivity index (χ4v) is 2.65. The van der Waals surface area contributed by atoms with Crippen LogP contribution in [0.5, 0.6) is 0 Å². The van der Waals surface area contributed by atoms with Crippen LogP contribution in [0.4, 0.5) is 0 Å². The van der Waals surface area contributed by atoms with Gasteiger partial charge in [0.25, 0.3) is 0 Å². The van der Waals surface area contributed by atoms with Gasteiger partial charge < -0.3 is 9.73 Å². The summed E-state index contributed by atoms with van der Waals surface area (Å²) in [6.07, 6.45) is 1.74. The molecule has 1 N–H and O–H groups in total. The molecule has 1 aromatic carbocycles. The Hall–Kier alpha value is -1.66. The minimum atomic E-state index is -0.0701. The molecule has 1 unspecified atom stereocenters. The van der Waals surface area contributed by atoms with Crippen molar-refractivity contribution >= 4 is 26.9 Å². The molecule has 5 nitrogen and oxygen atoms in total.